The fourth-order valence-electron chi connectivity index (χ4n) is 1.71. The van der Waals surface area contributed by atoms with Crippen molar-refractivity contribution < 1.29 is 4.79 Å². The fourth-order valence-corrected chi connectivity index (χ4v) is 1.82. The van der Waals surface area contributed by atoms with Crippen molar-refractivity contribution in [2.24, 2.45) is 4.99 Å². The minimum atomic E-state index is 0. The lowest BCUT2D eigenvalue weighted by Gasteiger charge is -2.12. The summed E-state index contributed by atoms with van der Waals surface area (Å²) in [6.45, 7) is 3.98. The van der Waals surface area contributed by atoms with Crippen molar-refractivity contribution in [2.75, 3.05) is 33.7 Å². The molecule has 1 amide bonds. The van der Waals surface area contributed by atoms with Crippen LogP contribution in [0.5, 0.6) is 0 Å². The molecule has 0 spiro atoms. The summed E-state index contributed by atoms with van der Waals surface area (Å²) < 4.78 is 0. The van der Waals surface area contributed by atoms with Crippen molar-refractivity contribution in [3.8, 4) is 0 Å². The second-order valence-corrected chi connectivity index (χ2v) is 5.35. The molecule has 0 aromatic carbocycles. The van der Waals surface area contributed by atoms with Gasteiger partial charge in [0.25, 0.3) is 0 Å². The average molecular weight is 454 g/mol. The van der Waals surface area contributed by atoms with E-state index in [-0.39, 0.29) is 29.9 Å². The zero-order valence-corrected chi connectivity index (χ0v) is 16.9. The van der Waals surface area contributed by atoms with E-state index in [1.807, 2.05) is 13.0 Å². The first-order valence-corrected chi connectivity index (χ1v) is 7.73. The normalized spacial score (nSPS) is 10.7. The van der Waals surface area contributed by atoms with Gasteiger partial charge in [-0.25, -0.2) is 4.98 Å². The molecule has 0 aliphatic rings. The molecule has 0 aliphatic heterocycles. The second kappa shape index (κ2) is 12.3. The van der Waals surface area contributed by atoms with Gasteiger partial charge in [-0.1, -0.05) is 17.7 Å². The van der Waals surface area contributed by atoms with Crippen LogP contribution in [-0.2, 0) is 11.2 Å². The molecule has 2 N–H and O–H groups in total. The number of amides is 1. The summed E-state index contributed by atoms with van der Waals surface area (Å²) in [7, 11) is 3.49. The van der Waals surface area contributed by atoms with Crippen molar-refractivity contribution in [1.82, 2.24) is 20.5 Å². The van der Waals surface area contributed by atoms with Crippen LogP contribution < -0.4 is 10.6 Å². The minimum absolute atomic E-state index is 0. The number of carbonyl (C=O) groups is 1. The molecule has 0 atom stereocenters. The topological polar surface area (TPSA) is 69.6 Å². The Morgan fingerprint density at radius 3 is 2.65 bits per heavy atom. The monoisotopic (exact) mass is 453 g/mol. The van der Waals surface area contributed by atoms with Crippen LogP contribution in [0, 0.1) is 0 Å². The van der Waals surface area contributed by atoms with Gasteiger partial charge in [0.2, 0.25) is 5.91 Å². The van der Waals surface area contributed by atoms with E-state index in [1.54, 1.807) is 31.3 Å². The quantitative estimate of drug-likeness (QED) is 0.286. The zero-order valence-electron chi connectivity index (χ0n) is 13.8. The van der Waals surface area contributed by atoms with Crippen LogP contribution in [0.4, 0.5) is 0 Å². The highest BCUT2D eigenvalue weighted by Gasteiger charge is 2.03. The van der Waals surface area contributed by atoms with Gasteiger partial charge in [-0.2, -0.15) is 0 Å². The zero-order chi connectivity index (χ0) is 16.4. The number of nitrogens with one attached hydrogen (secondary N) is 2. The average Bonchev–Trinajstić information content (AvgIpc) is 2.49. The molecular weight excluding hydrogens is 429 g/mol. The van der Waals surface area contributed by atoms with E-state index in [9.17, 15) is 4.79 Å². The van der Waals surface area contributed by atoms with Gasteiger partial charge in [-0.05, 0) is 25.0 Å². The summed E-state index contributed by atoms with van der Waals surface area (Å²) in [5.74, 6) is 0.794. The molecule has 6 nitrogen and oxygen atoms in total. The molecule has 0 radical (unpaired) electrons. The summed E-state index contributed by atoms with van der Waals surface area (Å²) in [5.41, 5.74) is 1.11. The van der Waals surface area contributed by atoms with Crippen LogP contribution in [0.3, 0.4) is 0 Å². The van der Waals surface area contributed by atoms with Crippen LogP contribution in [0.15, 0.2) is 23.3 Å². The number of hydrogen-bond donors (Lipinski definition) is 2. The molecule has 1 aromatic heterocycles. The van der Waals surface area contributed by atoms with Gasteiger partial charge in [0, 0.05) is 39.8 Å². The van der Waals surface area contributed by atoms with Gasteiger partial charge in [0.1, 0.15) is 5.15 Å². The molecule has 130 valence electrons. The Labute approximate surface area is 160 Å². The van der Waals surface area contributed by atoms with E-state index >= 15 is 0 Å². The number of rotatable bonds is 7. The first kappa shape index (κ1) is 21.9. The van der Waals surface area contributed by atoms with Crippen molar-refractivity contribution in [3.05, 3.63) is 29.0 Å². The molecule has 8 heteroatoms. The minimum Gasteiger partial charge on any atom is -0.357 e. The summed E-state index contributed by atoms with van der Waals surface area (Å²) in [6.07, 6.45) is 3.00. The SMILES string of the molecule is CCNC(=NCCC(=O)N(C)C)NCCc1ccc(Cl)nc1.I. The van der Waals surface area contributed by atoms with E-state index in [0.717, 1.165) is 31.0 Å². The third-order valence-electron chi connectivity index (χ3n) is 2.93. The molecule has 0 fully saturated rings. The number of aromatic nitrogens is 1. The Bertz CT molecular complexity index is 493. The second-order valence-electron chi connectivity index (χ2n) is 4.96. The Morgan fingerprint density at radius 1 is 1.35 bits per heavy atom. The highest BCUT2D eigenvalue weighted by Crippen LogP contribution is 2.05. The Kier molecular flexibility index (Phi) is 11.8. The Balaban J connectivity index is 0.00000484. The third kappa shape index (κ3) is 9.60. The number of guanidine groups is 1. The molecule has 1 heterocycles. The Hall–Kier alpha value is -1.09. The molecule has 0 aliphatic carbocycles. The van der Waals surface area contributed by atoms with Crippen LogP contribution in [-0.4, -0.2) is 55.5 Å². The third-order valence-corrected chi connectivity index (χ3v) is 3.16. The summed E-state index contributed by atoms with van der Waals surface area (Å²) in [4.78, 5) is 21.5. The standard InChI is InChI=1S/C15H24ClN5O.HI/c1-4-17-15(19-10-8-14(22)21(2)3)18-9-7-12-5-6-13(16)20-11-12;/h5-6,11H,4,7-10H2,1-3H3,(H2,17,18,19);1H. The number of halogens is 2. The lowest BCUT2D eigenvalue weighted by atomic mass is 10.2. The van der Waals surface area contributed by atoms with E-state index in [2.05, 4.69) is 20.6 Å². The van der Waals surface area contributed by atoms with Gasteiger partial charge >= 0.3 is 0 Å². The molecule has 0 saturated heterocycles. The lowest BCUT2D eigenvalue weighted by molar-refractivity contribution is -0.128. The maximum Gasteiger partial charge on any atom is 0.223 e. The van der Waals surface area contributed by atoms with Gasteiger partial charge in [-0.3, -0.25) is 9.79 Å². The number of pyridine rings is 1. The van der Waals surface area contributed by atoms with E-state index in [0.29, 0.717) is 18.1 Å². The van der Waals surface area contributed by atoms with Crippen molar-refractivity contribution >= 4 is 47.4 Å². The summed E-state index contributed by atoms with van der Waals surface area (Å²) >= 11 is 5.76. The Morgan fingerprint density at radius 2 is 2.09 bits per heavy atom. The molecule has 23 heavy (non-hydrogen) atoms. The predicted molar refractivity (Wildman–Crippen MR) is 106 cm³/mol. The van der Waals surface area contributed by atoms with E-state index in [4.69, 9.17) is 11.6 Å². The summed E-state index contributed by atoms with van der Waals surface area (Å²) in [5, 5.41) is 6.90. The van der Waals surface area contributed by atoms with Gasteiger partial charge < -0.3 is 15.5 Å². The van der Waals surface area contributed by atoms with Gasteiger partial charge in [0.05, 0.1) is 6.54 Å². The largest absolute Gasteiger partial charge is 0.357 e. The lowest BCUT2D eigenvalue weighted by Crippen LogP contribution is -2.38. The van der Waals surface area contributed by atoms with Crippen molar-refractivity contribution in [2.45, 2.75) is 19.8 Å². The van der Waals surface area contributed by atoms with E-state index in [1.165, 1.54) is 0 Å². The number of aliphatic imine (C=N–C) groups is 1. The highest BCUT2D eigenvalue weighted by atomic mass is 127. The molecule has 1 aromatic rings. The number of hydrogen-bond acceptors (Lipinski definition) is 3. The molecule has 0 bridgehead atoms. The summed E-state index contributed by atoms with van der Waals surface area (Å²) in [6, 6.07) is 3.74. The maximum absolute atomic E-state index is 11.5. The number of nitrogens with zero attached hydrogens (tertiary/aromatic N) is 3. The first-order valence-electron chi connectivity index (χ1n) is 7.35. The predicted octanol–water partition coefficient (Wildman–Crippen LogP) is 1.93. The number of carbonyl (C=O) groups excluding carboxylic acids is 1. The molecule has 0 saturated carbocycles. The molecular formula is C15H25ClIN5O. The molecule has 0 unspecified atom stereocenters. The maximum atomic E-state index is 11.5. The van der Waals surface area contributed by atoms with Crippen LogP contribution in [0.2, 0.25) is 5.15 Å². The van der Waals surface area contributed by atoms with Crippen molar-refractivity contribution in [1.29, 1.82) is 0 Å². The van der Waals surface area contributed by atoms with Crippen LogP contribution in [0.1, 0.15) is 18.9 Å². The highest BCUT2D eigenvalue weighted by molar-refractivity contribution is 14.0. The van der Waals surface area contributed by atoms with E-state index < -0.39 is 0 Å². The first-order chi connectivity index (χ1) is 10.5. The van der Waals surface area contributed by atoms with Crippen LogP contribution in [0.25, 0.3) is 0 Å². The molecule has 1 rings (SSSR count). The van der Waals surface area contributed by atoms with Crippen LogP contribution >= 0.6 is 35.6 Å². The smallest absolute Gasteiger partial charge is 0.223 e. The fraction of sp³-hybridized carbons (Fsp3) is 0.533. The van der Waals surface area contributed by atoms with Gasteiger partial charge in [0.15, 0.2) is 5.96 Å². The van der Waals surface area contributed by atoms with Crippen molar-refractivity contribution in [3.63, 3.8) is 0 Å². The van der Waals surface area contributed by atoms with Gasteiger partial charge in [-0.15, -0.1) is 24.0 Å².